The second-order valence-electron chi connectivity index (χ2n) is 4.47. The second kappa shape index (κ2) is 3.66. The molecule has 2 aliphatic rings. The lowest BCUT2D eigenvalue weighted by atomic mass is 10.2. The van der Waals surface area contributed by atoms with E-state index in [1.807, 2.05) is 6.92 Å². The van der Waals surface area contributed by atoms with Gasteiger partial charge in [-0.1, -0.05) is 0 Å². The topological polar surface area (TPSA) is 75.3 Å². The van der Waals surface area contributed by atoms with Gasteiger partial charge in [-0.2, -0.15) is 5.10 Å². The number of ether oxygens (including phenoxy) is 1. The van der Waals surface area contributed by atoms with Gasteiger partial charge in [-0.05, 0) is 19.8 Å². The number of hydrogen-bond donors (Lipinski definition) is 1. The molecule has 17 heavy (non-hydrogen) atoms. The Morgan fingerprint density at radius 1 is 1.41 bits per heavy atom. The van der Waals surface area contributed by atoms with Crippen LogP contribution in [0.2, 0.25) is 0 Å². The van der Waals surface area contributed by atoms with Crippen LogP contribution >= 0.6 is 0 Å². The quantitative estimate of drug-likeness (QED) is 0.739. The molecule has 1 aromatic rings. The molecule has 3 heterocycles. The second-order valence-corrected chi connectivity index (χ2v) is 4.47. The maximum absolute atomic E-state index is 12.0. The molecule has 0 aliphatic carbocycles. The number of carbonyl (C=O) groups is 2. The van der Waals surface area contributed by atoms with Crippen LogP contribution in [0, 0.1) is 6.92 Å². The van der Waals surface area contributed by atoms with Gasteiger partial charge in [-0.25, -0.2) is 0 Å². The molecule has 3 rings (SSSR count). The third-order valence-corrected chi connectivity index (χ3v) is 3.37. The summed E-state index contributed by atoms with van der Waals surface area (Å²) in [7, 11) is 0. The van der Waals surface area contributed by atoms with E-state index in [2.05, 4.69) is 10.2 Å². The first-order chi connectivity index (χ1) is 8.16. The number of morpholine rings is 1. The van der Waals surface area contributed by atoms with Gasteiger partial charge in [0.1, 0.15) is 12.2 Å². The van der Waals surface area contributed by atoms with Crippen LogP contribution in [-0.2, 0) is 20.9 Å². The summed E-state index contributed by atoms with van der Waals surface area (Å²) < 4.78 is 5.34. The van der Waals surface area contributed by atoms with Crippen LogP contribution in [0.5, 0.6) is 0 Å². The van der Waals surface area contributed by atoms with E-state index in [9.17, 15) is 9.59 Å². The summed E-state index contributed by atoms with van der Waals surface area (Å²) in [5.74, 6) is -0.436. The summed E-state index contributed by atoms with van der Waals surface area (Å²) in [6.45, 7) is 2.16. The average molecular weight is 235 g/mol. The molecule has 1 aromatic heterocycles. The SMILES string of the molecule is Cc1[nH]ncc1CN1C(=O)C2CCC(O2)C1=O. The van der Waals surface area contributed by atoms with E-state index >= 15 is 0 Å². The minimum atomic E-state index is -0.426. The van der Waals surface area contributed by atoms with Crippen LogP contribution in [0.1, 0.15) is 24.1 Å². The molecule has 2 saturated heterocycles. The molecule has 0 spiro atoms. The highest BCUT2D eigenvalue weighted by atomic mass is 16.5. The number of likely N-dealkylation sites (tertiary alicyclic amines) is 1. The highest BCUT2D eigenvalue weighted by Crippen LogP contribution is 2.29. The van der Waals surface area contributed by atoms with Crippen molar-refractivity contribution < 1.29 is 14.3 Å². The van der Waals surface area contributed by atoms with Crippen molar-refractivity contribution >= 4 is 11.8 Å². The molecule has 2 aliphatic heterocycles. The Labute approximate surface area is 97.9 Å². The normalized spacial score (nSPS) is 27.9. The number of rotatable bonds is 2. The maximum atomic E-state index is 12.0. The number of nitrogens with zero attached hydrogens (tertiary/aromatic N) is 2. The Morgan fingerprint density at radius 2 is 2.06 bits per heavy atom. The third kappa shape index (κ3) is 1.56. The summed E-state index contributed by atoms with van der Waals surface area (Å²) in [6, 6.07) is 0. The lowest BCUT2D eigenvalue weighted by molar-refractivity contribution is -0.169. The van der Waals surface area contributed by atoms with Crippen molar-refractivity contribution in [2.45, 2.75) is 38.5 Å². The zero-order valence-corrected chi connectivity index (χ0v) is 9.47. The van der Waals surface area contributed by atoms with Crippen LogP contribution in [0.25, 0.3) is 0 Å². The van der Waals surface area contributed by atoms with Gasteiger partial charge >= 0.3 is 0 Å². The number of amides is 2. The maximum Gasteiger partial charge on any atom is 0.258 e. The van der Waals surface area contributed by atoms with Crippen molar-refractivity contribution in [3.63, 3.8) is 0 Å². The van der Waals surface area contributed by atoms with Gasteiger partial charge in [0.15, 0.2) is 0 Å². The van der Waals surface area contributed by atoms with Crippen molar-refractivity contribution in [2.75, 3.05) is 0 Å². The first kappa shape index (κ1) is 10.5. The van der Waals surface area contributed by atoms with Gasteiger partial charge in [-0.3, -0.25) is 19.6 Å². The van der Waals surface area contributed by atoms with Crippen molar-refractivity contribution in [2.24, 2.45) is 0 Å². The number of aryl methyl sites for hydroxylation is 1. The Kier molecular flexibility index (Phi) is 2.25. The lowest BCUT2D eigenvalue weighted by Crippen LogP contribution is -2.51. The Morgan fingerprint density at radius 3 is 2.59 bits per heavy atom. The van der Waals surface area contributed by atoms with Crippen LogP contribution in [0.4, 0.5) is 0 Å². The number of nitrogens with one attached hydrogen (secondary N) is 1. The summed E-state index contributed by atoms with van der Waals surface area (Å²) in [5, 5.41) is 6.68. The molecule has 6 heteroatoms. The van der Waals surface area contributed by atoms with E-state index in [4.69, 9.17) is 4.74 Å². The van der Waals surface area contributed by atoms with Crippen molar-refractivity contribution in [3.05, 3.63) is 17.5 Å². The van der Waals surface area contributed by atoms with E-state index in [-0.39, 0.29) is 18.4 Å². The summed E-state index contributed by atoms with van der Waals surface area (Å²) in [5.41, 5.74) is 1.75. The van der Waals surface area contributed by atoms with Crippen molar-refractivity contribution in [3.8, 4) is 0 Å². The number of aromatic amines is 1. The number of fused-ring (bicyclic) bond motifs is 2. The standard InChI is InChI=1S/C11H13N3O3/c1-6-7(4-12-13-6)5-14-10(15)8-2-3-9(17-8)11(14)16/h4,8-9H,2-3,5H2,1H3,(H,12,13). The number of carbonyl (C=O) groups excluding carboxylic acids is 2. The molecule has 2 atom stereocenters. The van der Waals surface area contributed by atoms with Crippen LogP contribution in [0.15, 0.2) is 6.20 Å². The van der Waals surface area contributed by atoms with E-state index in [0.717, 1.165) is 11.3 Å². The van der Waals surface area contributed by atoms with Gasteiger partial charge in [0, 0.05) is 11.3 Å². The Balaban J connectivity index is 1.85. The molecule has 0 aromatic carbocycles. The van der Waals surface area contributed by atoms with Gasteiger partial charge in [0.05, 0.1) is 12.7 Å². The summed E-state index contributed by atoms with van der Waals surface area (Å²) in [6.07, 6.45) is 2.09. The zero-order chi connectivity index (χ0) is 12.0. The molecule has 0 radical (unpaired) electrons. The molecular formula is C11H13N3O3. The molecule has 2 fully saturated rings. The average Bonchev–Trinajstić information content (AvgIpc) is 2.90. The Bertz CT molecular complexity index is 460. The van der Waals surface area contributed by atoms with Crippen molar-refractivity contribution in [1.82, 2.24) is 15.1 Å². The fourth-order valence-corrected chi connectivity index (χ4v) is 2.32. The van der Waals surface area contributed by atoms with Gasteiger partial charge in [0.2, 0.25) is 0 Å². The highest BCUT2D eigenvalue weighted by molar-refractivity contribution is 6.02. The minimum Gasteiger partial charge on any atom is -0.355 e. The van der Waals surface area contributed by atoms with E-state index < -0.39 is 12.2 Å². The first-order valence-corrected chi connectivity index (χ1v) is 5.66. The van der Waals surface area contributed by atoms with Gasteiger partial charge in [0.25, 0.3) is 11.8 Å². The summed E-state index contributed by atoms with van der Waals surface area (Å²) >= 11 is 0. The monoisotopic (exact) mass is 235 g/mol. The van der Waals surface area contributed by atoms with Crippen LogP contribution in [0.3, 0.4) is 0 Å². The van der Waals surface area contributed by atoms with Crippen molar-refractivity contribution in [1.29, 1.82) is 0 Å². The summed E-state index contributed by atoms with van der Waals surface area (Å²) in [4.78, 5) is 25.3. The smallest absolute Gasteiger partial charge is 0.258 e. The molecule has 1 N–H and O–H groups in total. The minimum absolute atomic E-state index is 0.218. The lowest BCUT2D eigenvalue weighted by Gasteiger charge is -2.29. The van der Waals surface area contributed by atoms with Crippen LogP contribution < -0.4 is 0 Å². The zero-order valence-electron chi connectivity index (χ0n) is 9.47. The number of imide groups is 1. The predicted molar refractivity (Wildman–Crippen MR) is 56.8 cm³/mol. The number of H-pyrrole nitrogens is 1. The van der Waals surface area contributed by atoms with Gasteiger partial charge in [-0.15, -0.1) is 0 Å². The molecular weight excluding hydrogens is 222 g/mol. The molecule has 90 valence electrons. The molecule has 2 unspecified atom stereocenters. The van der Waals surface area contributed by atoms with E-state index in [1.54, 1.807) is 6.20 Å². The first-order valence-electron chi connectivity index (χ1n) is 5.66. The molecule has 2 amide bonds. The largest absolute Gasteiger partial charge is 0.355 e. The number of hydrogen-bond acceptors (Lipinski definition) is 4. The molecule has 2 bridgehead atoms. The fourth-order valence-electron chi connectivity index (χ4n) is 2.32. The van der Waals surface area contributed by atoms with E-state index in [0.29, 0.717) is 12.8 Å². The highest BCUT2D eigenvalue weighted by Gasteiger charge is 2.46. The Hall–Kier alpha value is -1.69. The van der Waals surface area contributed by atoms with E-state index in [1.165, 1.54) is 4.90 Å². The molecule has 0 saturated carbocycles. The molecule has 6 nitrogen and oxygen atoms in total. The third-order valence-electron chi connectivity index (χ3n) is 3.37. The predicted octanol–water partition coefficient (Wildman–Crippen LogP) is 0.135. The fraction of sp³-hybridized carbons (Fsp3) is 0.545. The van der Waals surface area contributed by atoms with Crippen LogP contribution in [-0.4, -0.2) is 39.1 Å². The number of aromatic nitrogens is 2. The van der Waals surface area contributed by atoms with Gasteiger partial charge < -0.3 is 4.74 Å².